The minimum Gasteiger partial charge on any atom is -0.459 e. The highest BCUT2D eigenvalue weighted by Crippen LogP contribution is 2.36. The normalized spacial score (nSPS) is 15.8. The van der Waals surface area contributed by atoms with Gasteiger partial charge in [-0.05, 0) is 56.7 Å². The number of fused-ring (bicyclic) bond motifs is 1. The third-order valence-corrected chi connectivity index (χ3v) is 4.31. The fourth-order valence-corrected chi connectivity index (χ4v) is 3.00. The lowest BCUT2D eigenvalue weighted by molar-refractivity contribution is -0.156. The van der Waals surface area contributed by atoms with Crippen LogP contribution >= 0.6 is 0 Å². The van der Waals surface area contributed by atoms with E-state index in [1.54, 1.807) is 24.1 Å². The van der Waals surface area contributed by atoms with Gasteiger partial charge in [-0.1, -0.05) is 18.2 Å². The van der Waals surface area contributed by atoms with Gasteiger partial charge in [0.05, 0.1) is 0 Å². The molecule has 26 heavy (non-hydrogen) atoms. The van der Waals surface area contributed by atoms with Crippen LogP contribution in [0.2, 0.25) is 0 Å². The molecule has 5 heteroatoms. The molecule has 1 N–H and O–H groups in total. The summed E-state index contributed by atoms with van der Waals surface area (Å²) >= 11 is 0. The smallest absolute Gasteiger partial charge is 0.315 e. The zero-order valence-corrected chi connectivity index (χ0v) is 15.6. The van der Waals surface area contributed by atoms with Crippen molar-refractivity contribution < 1.29 is 14.3 Å². The van der Waals surface area contributed by atoms with Crippen LogP contribution in [0.4, 0.5) is 11.4 Å². The monoisotopic (exact) mass is 352 g/mol. The van der Waals surface area contributed by atoms with E-state index in [0.717, 1.165) is 16.9 Å². The van der Waals surface area contributed by atoms with Gasteiger partial charge in [0.25, 0.3) is 5.91 Å². The maximum Gasteiger partial charge on any atom is 0.315 e. The molecule has 0 saturated heterocycles. The third kappa shape index (κ3) is 3.72. The number of benzene rings is 2. The van der Waals surface area contributed by atoms with Crippen LogP contribution in [-0.4, -0.2) is 31.1 Å². The fourth-order valence-electron chi connectivity index (χ4n) is 3.00. The molecule has 0 fully saturated rings. The summed E-state index contributed by atoms with van der Waals surface area (Å²) in [4.78, 5) is 26.8. The lowest BCUT2D eigenvalue weighted by Crippen LogP contribution is -2.29. The molecule has 136 valence electrons. The highest BCUT2D eigenvalue weighted by Gasteiger charge is 2.33. The number of ether oxygens (including phenoxy) is 1. The molecular formula is C21H24N2O3. The summed E-state index contributed by atoms with van der Waals surface area (Å²) in [6.07, 6.45) is 0. The van der Waals surface area contributed by atoms with Gasteiger partial charge in [0, 0.05) is 30.5 Å². The number of hydrogen-bond donors (Lipinski definition) is 1. The van der Waals surface area contributed by atoms with Crippen LogP contribution in [0.3, 0.4) is 0 Å². The van der Waals surface area contributed by atoms with Gasteiger partial charge in [0.2, 0.25) is 0 Å². The molecule has 0 aromatic heterocycles. The molecule has 0 bridgehead atoms. The van der Waals surface area contributed by atoms with E-state index in [2.05, 4.69) is 5.32 Å². The van der Waals surface area contributed by atoms with E-state index in [1.807, 2.05) is 57.2 Å². The Morgan fingerprint density at radius 3 is 2.46 bits per heavy atom. The number of nitrogens with zero attached hydrogens (tertiary/aromatic N) is 1. The van der Waals surface area contributed by atoms with Crippen molar-refractivity contribution in [1.82, 2.24) is 0 Å². The maximum atomic E-state index is 12.7. The molecule has 2 aromatic rings. The first-order chi connectivity index (χ1) is 12.3. The number of anilines is 2. The Bertz CT molecular complexity index is 825. The summed E-state index contributed by atoms with van der Waals surface area (Å²) in [6.45, 7) is 6.08. The number of nitrogens with one attached hydrogen (secondary N) is 1. The fraction of sp³-hybridized carbons (Fsp3) is 0.333. The molecule has 0 saturated carbocycles. The minimum absolute atomic E-state index is 0.0923. The van der Waals surface area contributed by atoms with Gasteiger partial charge in [-0.3, -0.25) is 9.59 Å². The van der Waals surface area contributed by atoms with Crippen molar-refractivity contribution in [2.24, 2.45) is 0 Å². The Morgan fingerprint density at radius 1 is 1.12 bits per heavy atom. The van der Waals surface area contributed by atoms with Crippen molar-refractivity contribution in [3.8, 4) is 0 Å². The molecule has 1 aliphatic rings. The van der Waals surface area contributed by atoms with E-state index < -0.39 is 5.60 Å². The SMILES string of the molecule is CN(C(=O)c1ccccc1)c1ccc2c(c1)C(C(=O)OC(C)(C)C)CN2. The van der Waals surface area contributed by atoms with E-state index in [0.29, 0.717) is 12.1 Å². The van der Waals surface area contributed by atoms with Crippen LogP contribution in [0, 0.1) is 0 Å². The molecule has 0 radical (unpaired) electrons. The van der Waals surface area contributed by atoms with Crippen LogP contribution in [0.25, 0.3) is 0 Å². The third-order valence-electron chi connectivity index (χ3n) is 4.31. The summed E-state index contributed by atoms with van der Waals surface area (Å²) in [6, 6.07) is 14.8. The highest BCUT2D eigenvalue weighted by atomic mass is 16.6. The second-order valence-corrected chi connectivity index (χ2v) is 7.47. The molecule has 1 heterocycles. The van der Waals surface area contributed by atoms with Gasteiger partial charge >= 0.3 is 5.97 Å². The van der Waals surface area contributed by atoms with Crippen molar-refractivity contribution in [3.63, 3.8) is 0 Å². The van der Waals surface area contributed by atoms with Gasteiger partial charge < -0.3 is 15.0 Å². The number of rotatable bonds is 3. The lowest BCUT2D eigenvalue weighted by Gasteiger charge is -2.23. The average Bonchev–Trinajstić information content (AvgIpc) is 3.03. The van der Waals surface area contributed by atoms with Crippen molar-refractivity contribution in [1.29, 1.82) is 0 Å². The highest BCUT2D eigenvalue weighted by molar-refractivity contribution is 6.06. The molecule has 5 nitrogen and oxygen atoms in total. The first-order valence-corrected chi connectivity index (χ1v) is 8.70. The van der Waals surface area contributed by atoms with Crippen LogP contribution < -0.4 is 10.2 Å². The van der Waals surface area contributed by atoms with E-state index in [4.69, 9.17) is 4.74 Å². The molecule has 2 aromatic carbocycles. The number of amides is 1. The second-order valence-electron chi connectivity index (χ2n) is 7.47. The Hall–Kier alpha value is -2.82. The van der Waals surface area contributed by atoms with Gasteiger partial charge in [0.15, 0.2) is 0 Å². The standard InChI is InChI=1S/C21H24N2O3/c1-21(2,3)26-20(25)17-13-22-18-11-10-15(12-16(17)18)23(4)19(24)14-8-6-5-7-9-14/h5-12,17,22H,13H2,1-4H3. The van der Waals surface area contributed by atoms with Crippen LogP contribution in [0.15, 0.2) is 48.5 Å². The molecule has 0 aliphatic carbocycles. The summed E-state index contributed by atoms with van der Waals surface area (Å²) in [5.74, 6) is -0.715. The van der Waals surface area contributed by atoms with Crippen LogP contribution in [0.1, 0.15) is 42.6 Å². The zero-order chi connectivity index (χ0) is 18.9. The summed E-state index contributed by atoms with van der Waals surface area (Å²) in [5, 5.41) is 3.24. The van der Waals surface area contributed by atoms with Crippen molar-refractivity contribution in [2.45, 2.75) is 32.3 Å². The average molecular weight is 352 g/mol. The Morgan fingerprint density at radius 2 is 1.81 bits per heavy atom. The summed E-state index contributed by atoms with van der Waals surface area (Å²) < 4.78 is 5.54. The zero-order valence-electron chi connectivity index (χ0n) is 15.6. The van der Waals surface area contributed by atoms with E-state index in [9.17, 15) is 9.59 Å². The predicted molar refractivity (Wildman–Crippen MR) is 103 cm³/mol. The number of esters is 1. The van der Waals surface area contributed by atoms with E-state index in [1.165, 1.54) is 0 Å². The maximum absolute atomic E-state index is 12.7. The van der Waals surface area contributed by atoms with Crippen LogP contribution in [0.5, 0.6) is 0 Å². The molecular weight excluding hydrogens is 328 g/mol. The Labute approximate surface area is 154 Å². The second kappa shape index (κ2) is 6.83. The van der Waals surface area contributed by atoms with Crippen LogP contribution in [-0.2, 0) is 9.53 Å². The van der Waals surface area contributed by atoms with Gasteiger partial charge in [0.1, 0.15) is 11.5 Å². The van der Waals surface area contributed by atoms with Gasteiger partial charge in [-0.15, -0.1) is 0 Å². The molecule has 1 unspecified atom stereocenters. The Kier molecular flexibility index (Phi) is 4.72. The minimum atomic E-state index is -0.530. The van der Waals surface area contributed by atoms with Crippen molar-refractivity contribution >= 4 is 23.3 Å². The van der Waals surface area contributed by atoms with Gasteiger partial charge in [-0.25, -0.2) is 0 Å². The lowest BCUT2D eigenvalue weighted by atomic mass is 10.00. The van der Waals surface area contributed by atoms with E-state index >= 15 is 0 Å². The van der Waals surface area contributed by atoms with Crippen molar-refractivity contribution in [2.75, 3.05) is 23.8 Å². The molecule has 0 spiro atoms. The first-order valence-electron chi connectivity index (χ1n) is 8.70. The topological polar surface area (TPSA) is 58.6 Å². The molecule has 1 aliphatic heterocycles. The predicted octanol–water partition coefficient (Wildman–Crippen LogP) is 3.81. The largest absolute Gasteiger partial charge is 0.459 e. The van der Waals surface area contributed by atoms with Gasteiger partial charge in [-0.2, -0.15) is 0 Å². The summed E-state index contributed by atoms with van der Waals surface area (Å²) in [5.41, 5.74) is 2.61. The molecule has 3 rings (SSSR count). The first kappa shape index (κ1) is 18.0. The van der Waals surface area contributed by atoms with E-state index in [-0.39, 0.29) is 17.8 Å². The molecule has 1 amide bonds. The Balaban J connectivity index is 1.85. The number of carbonyl (C=O) groups is 2. The number of carbonyl (C=O) groups excluding carboxylic acids is 2. The molecule has 1 atom stereocenters. The summed E-state index contributed by atoms with van der Waals surface area (Å²) in [7, 11) is 1.74. The quantitative estimate of drug-likeness (QED) is 0.854. The van der Waals surface area contributed by atoms with Crippen molar-refractivity contribution in [3.05, 3.63) is 59.7 Å². The number of hydrogen-bond acceptors (Lipinski definition) is 4.